The van der Waals surface area contributed by atoms with Crippen LogP contribution < -0.4 is 0 Å². The minimum Gasteiger partial charge on any atom is -0.366 e. The molecule has 0 amide bonds. The van der Waals surface area contributed by atoms with Gasteiger partial charge < -0.3 is 4.90 Å². The van der Waals surface area contributed by atoms with E-state index in [0.717, 1.165) is 24.5 Å². The Morgan fingerprint density at radius 3 is 2.45 bits per heavy atom. The van der Waals surface area contributed by atoms with Crippen molar-refractivity contribution in [3.05, 3.63) is 29.8 Å². The van der Waals surface area contributed by atoms with Gasteiger partial charge in [0, 0.05) is 29.2 Å². The van der Waals surface area contributed by atoms with E-state index < -0.39 is 0 Å². The molecule has 0 unspecified atom stereocenters. The summed E-state index contributed by atoms with van der Waals surface area (Å²) in [4.78, 5) is 4.89. The van der Waals surface area contributed by atoms with Crippen molar-refractivity contribution in [3.8, 4) is 0 Å². The Morgan fingerprint density at radius 2 is 1.80 bits per heavy atom. The molecule has 110 valence electrons. The predicted octanol–water partition coefficient (Wildman–Crippen LogP) is 4.93. The summed E-state index contributed by atoms with van der Waals surface area (Å²) < 4.78 is 0.239. The van der Waals surface area contributed by atoms with Gasteiger partial charge in [0.05, 0.1) is 4.99 Å². The van der Waals surface area contributed by atoms with Crippen molar-refractivity contribution in [2.24, 2.45) is 0 Å². The second-order valence-corrected chi connectivity index (χ2v) is 8.78. The molecule has 1 heterocycles. The van der Waals surface area contributed by atoms with Crippen LogP contribution in [0.3, 0.4) is 0 Å². The first-order valence-electron chi connectivity index (χ1n) is 7.50. The lowest BCUT2D eigenvalue weighted by Crippen LogP contribution is -2.35. The second-order valence-electron chi connectivity index (χ2n) is 6.44. The lowest BCUT2D eigenvalue weighted by atomic mass is 10.1. The second kappa shape index (κ2) is 6.95. The van der Waals surface area contributed by atoms with Crippen LogP contribution in [0.15, 0.2) is 29.2 Å². The summed E-state index contributed by atoms with van der Waals surface area (Å²) in [7, 11) is 0. The van der Waals surface area contributed by atoms with Crippen LogP contribution in [0, 0.1) is 0 Å². The summed E-state index contributed by atoms with van der Waals surface area (Å²) in [6.07, 6.45) is 4.85. The molecular weight excluding hydrogens is 282 g/mol. The highest BCUT2D eigenvalue weighted by atomic mass is 32.2. The third-order valence-electron chi connectivity index (χ3n) is 3.44. The van der Waals surface area contributed by atoms with Crippen LogP contribution in [0.25, 0.3) is 0 Å². The molecule has 1 nitrogen and oxygen atoms in total. The maximum absolute atomic E-state index is 5.67. The third kappa shape index (κ3) is 4.78. The molecule has 20 heavy (non-hydrogen) atoms. The number of thiocarbonyl (C=S) groups is 1. The van der Waals surface area contributed by atoms with Crippen LogP contribution in [0.2, 0.25) is 0 Å². The van der Waals surface area contributed by atoms with Crippen molar-refractivity contribution in [2.45, 2.75) is 56.1 Å². The van der Waals surface area contributed by atoms with Crippen molar-refractivity contribution < 1.29 is 0 Å². The van der Waals surface area contributed by atoms with Crippen molar-refractivity contribution in [1.29, 1.82) is 0 Å². The average Bonchev–Trinajstić information content (AvgIpc) is 2.40. The van der Waals surface area contributed by atoms with Crippen LogP contribution in [0.1, 0.15) is 45.6 Å². The first kappa shape index (κ1) is 15.8. The minimum atomic E-state index is 0.239. The van der Waals surface area contributed by atoms with Gasteiger partial charge in [-0.2, -0.15) is 0 Å². The number of thioether (sulfide) groups is 1. The Kier molecular flexibility index (Phi) is 5.50. The maximum atomic E-state index is 5.67. The zero-order chi connectivity index (χ0) is 14.6. The molecule has 3 heteroatoms. The number of hydrogen-bond donors (Lipinski definition) is 0. The van der Waals surface area contributed by atoms with E-state index in [1.165, 1.54) is 29.7 Å². The van der Waals surface area contributed by atoms with Gasteiger partial charge in [-0.15, -0.1) is 11.8 Å². The number of likely N-dealkylation sites (tertiary alicyclic amines) is 1. The Morgan fingerprint density at radius 1 is 1.15 bits per heavy atom. The number of nitrogens with zero attached hydrogens (tertiary/aromatic N) is 1. The highest BCUT2D eigenvalue weighted by molar-refractivity contribution is 8.00. The molecule has 1 fully saturated rings. The zero-order valence-electron chi connectivity index (χ0n) is 12.8. The molecule has 0 spiro atoms. The van der Waals surface area contributed by atoms with Gasteiger partial charge in [0.1, 0.15) is 0 Å². The van der Waals surface area contributed by atoms with Crippen LogP contribution in [-0.2, 0) is 6.42 Å². The topological polar surface area (TPSA) is 3.24 Å². The summed E-state index contributed by atoms with van der Waals surface area (Å²) in [5.41, 5.74) is 1.38. The van der Waals surface area contributed by atoms with E-state index in [2.05, 4.69) is 49.9 Å². The molecule has 0 bridgehead atoms. The Balaban J connectivity index is 2.06. The average molecular weight is 308 g/mol. The van der Waals surface area contributed by atoms with Crippen molar-refractivity contribution in [2.75, 3.05) is 13.1 Å². The fourth-order valence-electron chi connectivity index (χ4n) is 2.50. The van der Waals surface area contributed by atoms with E-state index in [0.29, 0.717) is 0 Å². The maximum Gasteiger partial charge on any atom is 0.0824 e. The highest BCUT2D eigenvalue weighted by Gasteiger charge is 2.18. The van der Waals surface area contributed by atoms with Crippen LogP contribution in [0.5, 0.6) is 0 Å². The van der Waals surface area contributed by atoms with E-state index >= 15 is 0 Å². The van der Waals surface area contributed by atoms with Crippen molar-refractivity contribution >= 4 is 29.0 Å². The van der Waals surface area contributed by atoms with Crippen LogP contribution in [0.4, 0.5) is 0 Å². The lowest BCUT2D eigenvalue weighted by Gasteiger charge is -2.29. The smallest absolute Gasteiger partial charge is 0.0824 e. The van der Waals surface area contributed by atoms with Crippen molar-refractivity contribution in [1.82, 2.24) is 4.90 Å². The standard InChI is InChI=1S/C17H25NS2/c1-17(2,3)20-15-10-6-5-9-14(15)13-16(19)18-11-7-4-8-12-18/h5-6,9-10H,4,7-8,11-13H2,1-3H3. The highest BCUT2D eigenvalue weighted by Crippen LogP contribution is 2.34. The van der Waals surface area contributed by atoms with E-state index in [1.54, 1.807) is 0 Å². The number of piperidine rings is 1. The fourth-order valence-corrected chi connectivity index (χ4v) is 3.91. The lowest BCUT2D eigenvalue weighted by molar-refractivity contribution is 0.343. The van der Waals surface area contributed by atoms with E-state index in [9.17, 15) is 0 Å². The predicted molar refractivity (Wildman–Crippen MR) is 93.8 cm³/mol. The molecule has 1 aromatic carbocycles. The summed E-state index contributed by atoms with van der Waals surface area (Å²) in [5.74, 6) is 0. The van der Waals surface area contributed by atoms with Gasteiger partial charge in [-0.3, -0.25) is 0 Å². The van der Waals surface area contributed by atoms with Gasteiger partial charge in [0.25, 0.3) is 0 Å². The Labute approximate surface area is 133 Å². The molecule has 2 rings (SSSR count). The van der Waals surface area contributed by atoms with Gasteiger partial charge in [-0.05, 0) is 30.9 Å². The molecule has 1 saturated heterocycles. The summed E-state index contributed by atoms with van der Waals surface area (Å²) in [5, 5.41) is 0. The summed E-state index contributed by atoms with van der Waals surface area (Å²) >= 11 is 7.61. The van der Waals surface area contributed by atoms with E-state index in [-0.39, 0.29) is 4.75 Å². The monoisotopic (exact) mass is 307 g/mol. The molecule has 1 aliphatic rings. The Hall–Kier alpha value is -0.540. The fraction of sp³-hybridized carbons (Fsp3) is 0.588. The minimum absolute atomic E-state index is 0.239. The molecule has 1 aromatic rings. The number of benzene rings is 1. The van der Waals surface area contributed by atoms with Gasteiger partial charge in [0.2, 0.25) is 0 Å². The molecule has 1 aliphatic heterocycles. The summed E-state index contributed by atoms with van der Waals surface area (Å²) in [6.45, 7) is 9.08. The molecule has 0 N–H and O–H groups in total. The van der Waals surface area contributed by atoms with Gasteiger partial charge in [-0.25, -0.2) is 0 Å². The Bertz CT molecular complexity index is 456. The van der Waals surface area contributed by atoms with Gasteiger partial charge in [0.15, 0.2) is 0 Å². The molecule has 0 aromatic heterocycles. The molecule has 0 aliphatic carbocycles. The molecular formula is C17H25NS2. The first-order valence-corrected chi connectivity index (χ1v) is 8.73. The van der Waals surface area contributed by atoms with Crippen LogP contribution >= 0.6 is 24.0 Å². The van der Waals surface area contributed by atoms with E-state index in [1.807, 2.05) is 11.8 Å². The van der Waals surface area contributed by atoms with Gasteiger partial charge >= 0.3 is 0 Å². The molecule has 0 radical (unpaired) electrons. The third-order valence-corrected chi connectivity index (χ3v) is 5.07. The molecule has 0 atom stereocenters. The van der Waals surface area contributed by atoms with Crippen molar-refractivity contribution in [3.63, 3.8) is 0 Å². The quantitative estimate of drug-likeness (QED) is 0.575. The molecule has 0 saturated carbocycles. The number of rotatable bonds is 3. The SMILES string of the molecule is CC(C)(C)Sc1ccccc1CC(=S)N1CCCCC1. The zero-order valence-corrected chi connectivity index (χ0v) is 14.4. The first-order chi connectivity index (χ1) is 9.46. The number of hydrogen-bond acceptors (Lipinski definition) is 2. The van der Waals surface area contributed by atoms with E-state index in [4.69, 9.17) is 12.2 Å². The largest absolute Gasteiger partial charge is 0.366 e. The normalized spacial score (nSPS) is 16.2. The summed E-state index contributed by atoms with van der Waals surface area (Å²) in [6, 6.07) is 8.71. The van der Waals surface area contributed by atoms with Crippen LogP contribution in [-0.4, -0.2) is 27.7 Å². The van der Waals surface area contributed by atoms with Gasteiger partial charge in [-0.1, -0.05) is 51.2 Å².